The molecule has 1 fully saturated rings. The van der Waals surface area contributed by atoms with Gasteiger partial charge in [0.25, 0.3) is 5.09 Å². The molecule has 0 saturated carbocycles. The molecule has 1 aliphatic rings. The molecule has 0 aliphatic carbocycles. The van der Waals surface area contributed by atoms with Gasteiger partial charge in [0.15, 0.2) is 0 Å². The Hall–Kier alpha value is -0.481. The van der Waals surface area contributed by atoms with Crippen LogP contribution in [0, 0.1) is 10.1 Å². The number of rotatable bonds is 0. The predicted molar refractivity (Wildman–Crippen MR) is 73.1 cm³/mol. The Morgan fingerprint density at radius 3 is 0.850 bits per heavy atom. The van der Waals surface area contributed by atoms with Gasteiger partial charge in [-0.15, -0.1) is 10.1 Å². The van der Waals surface area contributed by atoms with E-state index in [1.165, 1.54) is 0 Å². The molecular formula is C10H26MnN6O3. The van der Waals surface area contributed by atoms with Crippen molar-refractivity contribution < 1.29 is 27.4 Å². The average molecular weight is 333 g/mol. The maximum Gasteiger partial charge on any atom is 0.291 e. The minimum Gasteiger partial charge on any atom is -0.328 e. The van der Waals surface area contributed by atoms with Crippen molar-refractivity contribution in [2.75, 3.05) is 65.4 Å². The van der Waals surface area contributed by atoms with E-state index in [1.807, 2.05) is 0 Å². The van der Waals surface area contributed by atoms with Crippen molar-refractivity contribution in [3.8, 4) is 0 Å². The van der Waals surface area contributed by atoms with Gasteiger partial charge in [-0.3, -0.25) is 0 Å². The van der Waals surface area contributed by atoms with E-state index in [-0.39, 0.29) is 17.1 Å². The van der Waals surface area contributed by atoms with E-state index in [0.717, 1.165) is 65.4 Å². The van der Waals surface area contributed by atoms with Crippen molar-refractivity contribution in [1.29, 1.82) is 0 Å². The molecule has 10 heteroatoms. The Balaban J connectivity index is 0. The summed E-state index contributed by atoms with van der Waals surface area (Å²) >= 11 is 0. The third-order valence-corrected chi connectivity index (χ3v) is 2.39. The summed E-state index contributed by atoms with van der Waals surface area (Å²) in [7, 11) is 0. The maximum atomic E-state index is 8.36. The summed E-state index contributed by atoms with van der Waals surface area (Å²) in [5.74, 6) is 0. The summed E-state index contributed by atoms with van der Waals surface area (Å²) in [5, 5.41) is 30.6. The fraction of sp³-hybridized carbons (Fsp3) is 1.00. The molecule has 9 nitrogen and oxygen atoms in total. The van der Waals surface area contributed by atoms with Crippen LogP contribution >= 0.6 is 0 Å². The molecule has 0 aromatic carbocycles. The summed E-state index contributed by atoms with van der Waals surface area (Å²) in [5.41, 5.74) is 0. The molecule has 0 aromatic rings. The normalized spacial score (nSPS) is 19.2. The van der Waals surface area contributed by atoms with Crippen molar-refractivity contribution in [3.05, 3.63) is 10.1 Å². The Morgan fingerprint density at radius 1 is 0.650 bits per heavy atom. The molecule has 20 heavy (non-hydrogen) atoms. The van der Waals surface area contributed by atoms with Gasteiger partial charge in [-0.05, 0) is 0 Å². The first-order valence-electron chi connectivity index (χ1n) is 6.60. The topological polar surface area (TPSA) is 124 Å². The maximum absolute atomic E-state index is 8.36. The van der Waals surface area contributed by atoms with Gasteiger partial charge >= 0.3 is 0 Å². The van der Waals surface area contributed by atoms with Crippen LogP contribution in [-0.2, 0) is 17.1 Å². The van der Waals surface area contributed by atoms with Crippen LogP contribution in [0.3, 0.4) is 0 Å². The van der Waals surface area contributed by atoms with Crippen LogP contribution in [0.1, 0.15) is 0 Å². The summed E-state index contributed by atoms with van der Waals surface area (Å²) in [6, 6.07) is 0. The van der Waals surface area contributed by atoms with Crippen LogP contribution < -0.4 is 26.6 Å². The number of nitrogens with one attached hydrogen (secondary N) is 5. The van der Waals surface area contributed by atoms with Crippen molar-refractivity contribution in [2.24, 2.45) is 0 Å². The van der Waals surface area contributed by atoms with Crippen LogP contribution in [0.25, 0.3) is 0 Å². The molecule has 0 atom stereocenters. The second-order valence-corrected chi connectivity index (χ2v) is 3.99. The van der Waals surface area contributed by atoms with Gasteiger partial charge in [0, 0.05) is 82.5 Å². The van der Waals surface area contributed by atoms with Crippen LogP contribution in [-0.4, -0.2) is 75.7 Å². The van der Waals surface area contributed by atoms with Gasteiger partial charge < -0.3 is 31.8 Å². The van der Waals surface area contributed by atoms with E-state index in [9.17, 15) is 0 Å². The van der Waals surface area contributed by atoms with E-state index < -0.39 is 5.09 Å². The fourth-order valence-corrected chi connectivity index (χ4v) is 1.51. The Morgan fingerprint density at radius 2 is 0.750 bits per heavy atom. The monoisotopic (exact) mass is 333 g/mol. The van der Waals surface area contributed by atoms with Gasteiger partial charge in [-0.1, -0.05) is 0 Å². The largest absolute Gasteiger partial charge is 0.328 e. The van der Waals surface area contributed by atoms with Gasteiger partial charge in [-0.25, -0.2) is 0 Å². The second kappa shape index (κ2) is 18.5. The quantitative estimate of drug-likeness (QED) is 0.165. The Kier molecular flexibility index (Phi) is 20.2. The van der Waals surface area contributed by atoms with Gasteiger partial charge in [-0.2, -0.15) is 0 Å². The second-order valence-electron chi connectivity index (χ2n) is 3.99. The van der Waals surface area contributed by atoms with Crippen molar-refractivity contribution >= 4 is 0 Å². The third kappa shape index (κ3) is 22.7. The Bertz CT molecular complexity index is 151. The zero-order chi connectivity index (χ0) is 14.2. The first kappa shape index (κ1) is 21.8. The minimum absolute atomic E-state index is 0. The van der Waals surface area contributed by atoms with E-state index >= 15 is 0 Å². The van der Waals surface area contributed by atoms with Crippen LogP contribution in [0.5, 0.6) is 0 Å². The van der Waals surface area contributed by atoms with Gasteiger partial charge in [0.1, 0.15) is 0 Å². The van der Waals surface area contributed by atoms with Crippen LogP contribution in [0.4, 0.5) is 0 Å². The summed E-state index contributed by atoms with van der Waals surface area (Å²) in [6.45, 7) is 10.6. The standard InChI is InChI=1S/C10H25N5.Mn.HNO3/c1-2-12-5-6-14-9-10-15-8-7-13-4-3-11-1;;2-1(3)4/h11-15H,1-10H2;;(H,2,3,4). The molecule has 1 rings (SSSR count). The predicted octanol–water partition coefficient (Wildman–Crippen LogP) is -2.40. The molecule has 0 bridgehead atoms. The van der Waals surface area contributed by atoms with E-state index in [2.05, 4.69) is 26.6 Å². The molecule has 6 N–H and O–H groups in total. The van der Waals surface area contributed by atoms with Crippen LogP contribution in [0.15, 0.2) is 0 Å². The fourth-order valence-electron chi connectivity index (χ4n) is 1.51. The first-order valence-corrected chi connectivity index (χ1v) is 6.60. The third-order valence-electron chi connectivity index (χ3n) is 2.39. The molecule has 1 saturated heterocycles. The average Bonchev–Trinajstić information content (AvgIpc) is 2.36. The summed E-state index contributed by atoms with van der Waals surface area (Å²) < 4.78 is 0. The number of hydrogen-bond donors (Lipinski definition) is 6. The van der Waals surface area contributed by atoms with E-state index in [0.29, 0.717) is 0 Å². The van der Waals surface area contributed by atoms with Crippen molar-refractivity contribution in [2.45, 2.75) is 0 Å². The van der Waals surface area contributed by atoms with E-state index in [1.54, 1.807) is 0 Å². The summed E-state index contributed by atoms with van der Waals surface area (Å²) in [6.07, 6.45) is 0. The SMILES string of the molecule is C1CNCCNCCNCCNCCN1.O=[N+]([O-])O.[Mn]. The molecule has 1 heterocycles. The smallest absolute Gasteiger partial charge is 0.291 e. The van der Waals surface area contributed by atoms with Crippen LogP contribution in [0.2, 0.25) is 0 Å². The molecule has 0 aromatic heterocycles. The van der Waals surface area contributed by atoms with Crippen molar-refractivity contribution in [1.82, 2.24) is 26.6 Å². The molecule has 0 amide bonds. The molecule has 0 spiro atoms. The molecular weight excluding hydrogens is 307 g/mol. The molecule has 1 radical (unpaired) electrons. The minimum atomic E-state index is -1.50. The molecule has 1 aliphatic heterocycles. The number of hydrogen-bond acceptors (Lipinski definition) is 7. The van der Waals surface area contributed by atoms with Gasteiger partial charge in [0.05, 0.1) is 0 Å². The zero-order valence-electron chi connectivity index (χ0n) is 11.7. The Labute approximate surface area is 130 Å². The molecule has 0 unspecified atom stereocenters. The summed E-state index contributed by atoms with van der Waals surface area (Å²) in [4.78, 5) is 8.36. The molecule has 121 valence electrons. The van der Waals surface area contributed by atoms with Crippen molar-refractivity contribution in [3.63, 3.8) is 0 Å². The van der Waals surface area contributed by atoms with E-state index in [4.69, 9.17) is 15.3 Å². The number of nitrogens with zero attached hydrogens (tertiary/aromatic N) is 1. The first-order chi connectivity index (χ1) is 9.23. The zero-order valence-corrected chi connectivity index (χ0v) is 12.8. The van der Waals surface area contributed by atoms with Gasteiger partial charge in [0.2, 0.25) is 0 Å².